The van der Waals surface area contributed by atoms with E-state index in [4.69, 9.17) is 4.98 Å². The molecule has 0 fully saturated rings. The Morgan fingerprint density at radius 1 is 1.15 bits per heavy atom. The summed E-state index contributed by atoms with van der Waals surface area (Å²) in [5, 5.41) is 3.51. The van der Waals surface area contributed by atoms with Gasteiger partial charge in [-0.05, 0) is 57.7 Å². The minimum Gasteiger partial charge on any atom is -0.356 e. The maximum Gasteiger partial charge on any atom is 0.131 e. The van der Waals surface area contributed by atoms with Gasteiger partial charge in [-0.25, -0.2) is 4.98 Å². The molecule has 0 unspecified atom stereocenters. The van der Waals surface area contributed by atoms with Crippen molar-refractivity contribution in [1.29, 1.82) is 0 Å². The summed E-state index contributed by atoms with van der Waals surface area (Å²) in [5.41, 5.74) is 2.68. The Bertz CT molecular complexity index is 401. The molecule has 114 valence electrons. The van der Waals surface area contributed by atoms with Crippen LogP contribution in [0.25, 0.3) is 0 Å². The highest BCUT2D eigenvalue weighted by Gasteiger charge is 2.12. The van der Waals surface area contributed by atoms with Crippen molar-refractivity contribution in [3.05, 3.63) is 23.4 Å². The van der Waals surface area contributed by atoms with Crippen molar-refractivity contribution >= 4 is 5.82 Å². The van der Waals surface area contributed by atoms with Crippen molar-refractivity contribution in [2.24, 2.45) is 0 Å². The summed E-state index contributed by atoms with van der Waals surface area (Å²) < 4.78 is 0. The van der Waals surface area contributed by atoms with Gasteiger partial charge in [0.05, 0.1) is 0 Å². The maximum absolute atomic E-state index is 4.70. The number of nitrogens with zero attached hydrogens (tertiary/aromatic N) is 2. The minimum atomic E-state index is 0.142. The lowest BCUT2D eigenvalue weighted by atomic mass is 10.1. The summed E-state index contributed by atoms with van der Waals surface area (Å²) in [6.07, 6.45) is 4.34. The van der Waals surface area contributed by atoms with Crippen LogP contribution in [0.4, 0.5) is 5.82 Å². The van der Waals surface area contributed by atoms with E-state index >= 15 is 0 Å². The molecule has 0 atom stereocenters. The molecule has 1 N–H and O–H groups in total. The van der Waals surface area contributed by atoms with Crippen molar-refractivity contribution in [2.45, 2.75) is 66.5 Å². The van der Waals surface area contributed by atoms with E-state index in [1.807, 2.05) is 6.20 Å². The molecule has 0 aliphatic heterocycles. The Morgan fingerprint density at radius 3 is 2.20 bits per heavy atom. The SMILES string of the molecule is CCCN(CCC)c1ncc(CNC(C)(C)C)cc1C. The molecule has 3 nitrogen and oxygen atoms in total. The first-order valence-corrected chi connectivity index (χ1v) is 7.83. The van der Waals surface area contributed by atoms with Crippen LogP contribution in [0.3, 0.4) is 0 Å². The Labute approximate surface area is 124 Å². The van der Waals surface area contributed by atoms with E-state index < -0.39 is 0 Å². The first kappa shape index (κ1) is 17.0. The molecule has 1 rings (SSSR count). The summed E-state index contributed by atoms with van der Waals surface area (Å²) in [4.78, 5) is 7.10. The fraction of sp³-hybridized carbons (Fsp3) is 0.706. The van der Waals surface area contributed by atoms with Gasteiger partial charge >= 0.3 is 0 Å². The second kappa shape index (κ2) is 7.63. The van der Waals surface area contributed by atoms with Crippen molar-refractivity contribution < 1.29 is 0 Å². The summed E-state index contributed by atoms with van der Waals surface area (Å²) in [6.45, 7) is 16.2. The lowest BCUT2D eigenvalue weighted by molar-refractivity contribution is 0.424. The van der Waals surface area contributed by atoms with Crippen molar-refractivity contribution in [1.82, 2.24) is 10.3 Å². The molecule has 0 aliphatic carbocycles. The predicted molar refractivity (Wildman–Crippen MR) is 88.4 cm³/mol. The molecule has 0 aliphatic rings. The second-order valence-electron chi connectivity index (χ2n) is 6.57. The molecule has 20 heavy (non-hydrogen) atoms. The van der Waals surface area contributed by atoms with Gasteiger partial charge < -0.3 is 10.2 Å². The van der Waals surface area contributed by atoms with Crippen LogP contribution in [0.15, 0.2) is 12.3 Å². The molecule has 0 saturated heterocycles. The minimum absolute atomic E-state index is 0.142. The highest BCUT2D eigenvalue weighted by atomic mass is 15.2. The van der Waals surface area contributed by atoms with E-state index in [0.717, 1.165) is 38.3 Å². The summed E-state index contributed by atoms with van der Waals surface area (Å²) in [6, 6.07) is 2.26. The van der Waals surface area contributed by atoms with E-state index in [1.165, 1.54) is 11.1 Å². The molecular weight excluding hydrogens is 246 g/mol. The van der Waals surface area contributed by atoms with Gasteiger partial charge in [0.1, 0.15) is 5.82 Å². The zero-order valence-electron chi connectivity index (χ0n) is 14.1. The van der Waals surface area contributed by atoms with E-state index in [9.17, 15) is 0 Å². The Balaban J connectivity index is 2.80. The van der Waals surface area contributed by atoms with Crippen LogP contribution >= 0.6 is 0 Å². The predicted octanol–water partition coefficient (Wildman–Crippen LogP) is 3.90. The zero-order valence-corrected chi connectivity index (χ0v) is 14.1. The van der Waals surface area contributed by atoms with E-state index in [0.29, 0.717) is 0 Å². The van der Waals surface area contributed by atoms with Gasteiger partial charge in [-0.15, -0.1) is 0 Å². The van der Waals surface area contributed by atoms with Crippen LogP contribution in [0.2, 0.25) is 0 Å². The quantitative estimate of drug-likeness (QED) is 0.819. The number of aromatic nitrogens is 1. The molecule has 1 aromatic heterocycles. The number of aryl methyl sites for hydroxylation is 1. The molecule has 0 spiro atoms. The van der Waals surface area contributed by atoms with Crippen molar-refractivity contribution in [3.8, 4) is 0 Å². The van der Waals surface area contributed by atoms with Crippen molar-refractivity contribution in [2.75, 3.05) is 18.0 Å². The largest absolute Gasteiger partial charge is 0.356 e. The number of rotatable bonds is 7. The molecule has 0 aromatic carbocycles. The standard InChI is InChI=1S/C17H31N3/c1-7-9-20(10-8-2)16-14(3)11-15(12-18-16)13-19-17(4,5)6/h11-12,19H,7-10,13H2,1-6H3. The number of hydrogen-bond acceptors (Lipinski definition) is 3. The number of anilines is 1. The molecule has 0 radical (unpaired) electrons. The Morgan fingerprint density at radius 2 is 1.75 bits per heavy atom. The topological polar surface area (TPSA) is 28.2 Å². The zero-order chi connectivity index (χ0) is 15.2. The maximum atomic E-state index is 4.70. The summed E-state index contributed by atoms with van der Waals surface area (Å²) in [7, 11) is 0. The summed E-state index contributed by atoms with van der Waals surface area (Å²) in [5.74, 6) is 1.15. The summed E-state index contributed by atoms with van der Waals surface area (Å²) >= 11 is 0. The fourth-order valence-corrected chi connectivity index (χ4v) is 2.28. The molecule has 1 aromatic rings. The second-order valence-corrected chi connectivity index (χ2v) is 6.57. The third kappa shape index (κ3) is 5.49. The van der Waals surface area contributed by atoms with Gasteiger partial charge in [0, 0.05) is 31.4 Å². The fourth-order valence-electron chi connectivity index (χ4n) is 2.28. The average molecular weight is 277 g/mol. The van der Waals surface area contributed by atoms with Crippen LogP contribution < -0.4 is 10.2 Å². The highest BCUT2D eigenvalue weighted by Crippen LogP contribution is 2.19. The van der Waals surface area contributed by atoms with Gasteiger partial charge in [0.25, 0.3) is 0 Å². The third-order valence-electron chi connectivity index (χ3n) is 3.22. The highest BCUT2D eigenvalue weighted by molar-refractivity contribution is 5.47. The van der Waals surface area contributed by atoms with Gasteiger partial charge in [0.15, 0.2) is 0 Å². The lowest BCUT2D eigenvalue weighted by Crippen LogP contribution is -2.35. The molecule has 0 amide bonds. The first-order chi connectivity index (χ1) is 9.37. The molecule has 0 saturated carbocycles. The van der Waals surface area contributed by atoms with Crippen LogP contribution in [0.5, 0.6) is 0 Å². The van der Waals surface area contributed by atoms with E-state index in [-0.39, 0.29) is 5.54 Å². The van der Waals surface area contributed by atoms with Gasteiger partial charge in [-0.1, -0.05) is 13.8 Å². The first-order valence-electron chi connectivity index (χ1n) is 7.83. The Kier molecular flexibility index (Phi) is 6.47. The number of nitrogens with one attached hydrogen (secondary N) is 1. The van der Waals surface area contributed by atoms with Crippen molar-refractivity contribution in [3.63, 3.8) is 0 Å². The Hall–Kier alpha value is -1.09. The van der Waals surface area contributed by atoms with E-state index in [2.05, 4.69) is 57.8 Å². The number of hydrogen-bond donors (Lipinski definition) is 1. The van der Waals surface area contributed by atoms with Crippen LogP contribution in [0.1, 0.15) is 58.6 Å². The lowest BCUT2D eigenvalue weighted by Gasteiger charge is -2.25. The average Bonchev–Trinajstić information content (AvgIpc) is 2.35. The molecule has 0 bridgehead atoms. The van der Waals surface area contributed by atoms with Gasteiger partial charge in [-0.2, -0.15) is 0 Å². The molecule has 3 heteroatoms. The van der Waals surface area contributed by atoms with Gasteiger partial charge in [-0.3, -0.25) is 0 Å². The normalized spacial score (nSPS) is 11.7. The van der Waals surface area contributed by atoms with Gasteiger partial charge in [0.2, 0.25) is 0 Å². The monoisotopic (exact) mass is 277 g/mol. The number of pyridine rings is 1. The molecule has 1 heterocycles. The third-order valence-corrected chi connectivity index (χ3v) is 3.22. The van der Waals surface area contributed by atoms with Crippen LogP contribution in [0, 0.1) is 6.92 Å². The smallest absolute Gasteiger partial charge is 0.131 e. The van der Waals surface area contributed by atoms with E-state index in [1.54, 1.807) is 0 Å². The van der Waals surface area contributed by atoms with Crippen LogP contribution in [-0.4, -0.2) is 23.6 Å². The van der Waals surface area contributed by atoms with Crippen LogP contribution in [-0.2, 0) is 6.54 Å². The molecular formula is C17H31N3.